The van der Waals surface area contributed by atoms with Gasteiger partial charge in [0.1, 0.15) is 0 Å². The molecule has 0 radical (unpaired) electrons. The molecule has 0 aliphatic rings. The minimum absolute atomic E-state index is 0.288. The van der Waals surface area contributed by atoms with Gasteiger partial charge < -0.3 is 0 Å². The molecule has 0 bridgehead atoms. The molecule has 0 aliphatic carbocycles. The quantitative estimate of drug-likeness (QED) is 0.545. The Hall–Kier alpha value is -0.260. The average molecular weight is 168 g/mol. The van der Waals surface area contributed by atoms with E-state index in [-0.39, 0.29) is 5.41 Å². The first kappa shape index (κ1) is 11.7. The summed E-state index contributed by atoms with van der Waals surface area (Å²) in [7, 11) is 0. The van der Waals surface area contributed by atoms with E-state index in [2.05, 4.69) is 41.2 Å². The normalized spacial score (nSPS) is 14.4. The van der Waals surface area contributed by atoms with E-state index in [0.29, 0.717) is 0 Å². The van der Waals surface area contributed by atoms with Gasteiger partial charge in [-0.25, -0.2) is 0 Å². The first-order valence-electron chi connectivity index (χ1n) is 5.12. The maximum atomic E-state index is 4.22. The summed E-state index contributed by atoms with van der Waals surface area (Å²) < 4.78 is 0. The fraction of sp³-hybridized carbons (Fsp3) is 0.833. The Labute approximate surface area is 78.1 Å². The van der Waals surface area contributed by atoms with E-state index in [9.17, 15) is 0 Å². The second-order valence-electron chi connectivity index (χ2n) is 4.67. The van der Waals surface area contributed by atoms with Gasteiger partial charge in [-0.2, -0.15) is 0 Å². The number of hydrogen-bond donors (Lipinski definition) is 0. The Morgan fingerprint density at radius 1 is 1.25 bits per heavy atom. The zero-order valence-electron chi connectivity index (χ0n) is 9.41. The fourth-order valence-electron chi connectivity index (χ4n) is 1.59. The van der Waals surface area contributed by atoms with Gasteiger partial charge in [-0.1, -0.05) is 53.2 Å². The van der Waals surface area contributed by atoms with Crippen molar-refractivity contribution in [1.82, 2.24) is 0 Å². The summed E-state index contributed by atoms with van der Waals surface area (Å²) in [4.78, 5) is 0. The summed E-state index contributed by atoms with van der Waals surface area (Å²) in [5.41, 5.74) is 1.71. The van der Waals surface area contributed by atoms with Crippen LogP contribution in [0.25, 0.3) is 0 Å². The van der Waals surface area contributed by atoms with E-state index in [1.54, 1.807) is 0 Å². The summed E-state index contributed by atoms with van der Waals surface area (Å²) in [6.45, 7) is 15.5. The lowest BCUT2D eigenvalue weighted by Crippen LogP contribution is -2.16. The monoisotopic (exact) mass is 168 g/mol. The molecule has 1 unspecified atom stereocenters. The molecule has 0 nitrogen and oxygen atoms in total. The molecule has 0 aromatic rings. The summed E-state index contributed by atoms with van der Waals surface area (Å²) in [5, 5.41) is 0. The van der Waals surface area contributed by atoms with Crippen molar-refractivity contribution >= 4 is 0 Å². The highest BCUT2D eigenvalue weighted by molar-refractivity contribution is 5.09. The van der Waals surface area contributed by atoms with Gasteiger partial charge in [-0.15, -0.1) is 0 Å². The summed E-state index contributed by atoms with van der Waals surface area (Å²) in [5.74, 6) is 0.731. The highest BCUT2D eigenvalue weighted by Crippen LogP contribution is 2.33. The van der Waals surface area contributed by atoms with Crippen LogP contribution in [0, 0.1) is 11.3 Å². The van der Waals surface area contributed by atoms with Gasteiger partial charge in [0, 0.05) is 0 Å². The van der Waals surface area contributed by atoms with E-state index in [0.717, 1.165) is 5.92 Å². The van der Waals surface area contributed by atoms with Crippen molar-refractivity contribution in [3.8, 4) is 0 Å². The highest BCUT2D eigenvalue weighted by atomic mass is 14.3. The molecule has 12 heavy (non-hydrogen) atoms. The molecular formula is C12H24. The second kappa shape index (κ2) is 4.69. The smallest absolute Gasteiger partial charge is 0.0173 e. The van der Waals surface area contributed by atoms with Crippen molar-refractivity contribution < 1.29 is 0 Å². The molecule has 1 atom stereocenters. The van der Waals surface area contributed by atoms with E-state index in [4.69, 9.17) is 0 Å². The molecule has 0 aromatic carbocycles. The van der Waals surface area contributed by atoms with Gasteiger partial charge in [0.2, 0.25) is 0 Å². The van der Waals surface area contributed by atoms with Crippen molar-refractivity contribution in [1.29, 1.82) is 0 Å². The molecule has 0 heterocycles. The molecule has 0 heteroatoms. The fourth-order valence-corrected chi connectivity index (χ4v) is 1.59. The predicted molar refractivity (Wildman–Crippen MR) is 57.3 cm³/mol. The van der Waals surface area contributed by atoms with Gasteiger partial charge in [0.15, 0.2) is 0 Å². The van der Waals surface area contributed by atoms with Crippen molar-refractivity contribution in [2.45, 2.75) is 53.9 Å². The van der Waals surface area contributed by atoms with Crippen LogP contribution in [0.4, 0.5) is 0 Å². The summed E-state index contributed by atoms with van der Waals surface area (Å²) in [6, 6.07) is 0. The zero-order valence-corrected chi connectivity index (χ0v) is 9.41. The van der Waals surface area contributed by atoms with E-state index < -0.39 is 0 Å². The van der Waals surface area contributed by atoms with Crippen molar-refractivity contribution in [2.75, 3.05) is 0 Å². The number of hydrogen-bond acceptors (Lipinski definition) is 0. The second-order valence-corrected chi connectivity index (χ2v) is 4.67. The Bertz CT molecular complexity index is 137. The standard InChI is InChI=1S/C12H24/c1-7-9-11(8-2)10(3)12(4,5)6/h11H,3,7-9H2,1-2,4-6H3. The van der Waals surface area contributed by atoms with Crippen LogP contribution in [-0.4, -0.2) is 0 Å². The van der Waals surface area contributed by atoms with Crippen molar-refractivity contribution in [3.63, 3.8) is 0 Å². The molecule has 0 fully saturated rings. The summed E-state index contributed by atoms with van der Waals surface area (Å²) in [6.07, 6.45) is 3.81. The molecule has 0 aromatic heterocycles. The van der Waals surface area contributed by atoms with Crippen LogP contribution in [0.15, 0.2) is 12.2 Å². The SMILES string of the molecule is C=C(C(CC)CCC)C(C)(C)C. The zero-order chi connectivity index (χ0) is 9.78. The molecule has 0 spiro atoms. The lowest BCUT2D eigenvalue weighted by molar-refractivity contribution is 0.398. The molecule has 0 amide bonds. The Morgan fingerprint density at radius 3 is 2.00 bits per heavy atom. The maximum absolute atomic E-state index is 4.22. The van der Waals surface area contributed by atoms with Crippen LogP contribution < -0.4 is 0 Å². The maximum Gasteiger partial charge on any atom is -0.0173 e. The topological polar surface area (TPSA) is 0 Å². The molecule has 0 aliphatic heterocycles. The van der Waals surface area contributed by atoms with Crippen LogP contribution in [0.1, 0.15) is 53.9 Å². The van der Waals surface area contributed by atoms with E-state index in [1.165, 1.54) is 24.8 Å². The molecule has 0 saturated heterocycles. The van der Waals surface area contributed by atoms with E-state index >= 15 is 0 Å². The lowest BCUT2D eigenvalue weighted by atomic mass is 9.77. The number of allylic oxidation sites excluding steroid dienone is 1. The molecule has 72 valence electrons. The van der Waals surface area contributed by atoms with Crippen LogP contribution in [-0.2, 0) is 0 Å². The largest absolute Gasteiger partial charge is 0.0991 e. The molecular weight excluding hydrogens is 144 g/mol. The van der Waals surface area contributed by atoms with Gasteiger partial charge in [0.25, 0.3) is 0 Å². The molecule has 0 rings (SSSR count). The van der Waals surface area contributed by atoms with E-state index in [1.807, 2.05) is 0 Å². The average Bonchev–Trinajstić information content (AvgIpc) is 1.97. The lowest BCUT2D eigenvalue weighted by Gasteiger charge is -2.28. The highest BCUT2D eigenvalue weighted by Gasteiger charge is 2.21. The minimum atomic E-state index is 0.288. The first-order chi connectivity index (χ1) is 5.43. The third kappa shape index (κ3) is 3.42. The van der Waals surface area contributed by atoms with Crippen molar-refractivity contribution in [2.24, 2.45) is 11.3 Å². The van der Waals surface area contributed by atoms with Gasteiger partial charge in [-0.05, 0) is 24.2 Å². The van der Waals surface area contributed by atoms with Crippen molar-refractivity contribution in [3.05, 3.63) is 12.2 Å². The van der Waals surface area contributed by atoms with Gasteiger partial charge in [0.05, 0.1) is 0 Å². The number of rotatable bonds is 4. The van der Waals surface area contributed by atoms with Gasteiger partial charge in [-0.3, -0.25) is 0 Å². The Balaban J connectivity index is 4.22. The minimum Gasteiger partial charge on any atom is -0.0991 e. The summed E-state index contributed by atoms with van der Waals surface area (Å²) >= 11 is 0. The Morgan fingerprint density at radius 2 is 1.75 bits per heavy atom. The third-order valence-corrected chi connectivity index (χ3v) is 2.59. The van der Waals surface area contributed by atoms with Gasteiger partial charge >= 0.3 is 0 Å². The molecule has 0 saturated carbocycles. The predicted octanol–water partition coefficient (Wildman–Crippen LogP) is 4.42. The van der Waals surface area contributed by atoms with Crippen LogP contribution in [0.5, 0.6) is 0 Å². The Kier molecular flexibility index (Phi) is 4.59. The van der Waals surface area contributed by atoms with Crippen LogP contribution in [0.2, 0.25) is 0 Å². The molecule has 0 N–H and O–H groups in total. The third-order valence-electron chi connectivity index (χ3n) is 2.59. The van der Waals surface area contributed by atoms with Crippen LogP contribution >= 0.6 is 0 Å². The van der Waals surface area contributed by atoms with Crippen LogP contribution in [0.3, 0.4) is 0 Å². The first-order valence-corrected chi connectivity index (χ1v) is 5.12.